The summed E-state index contributed by atoms with van der Waals surface area (Å²) in [4.78, 5) is 27.6. The first-order valence-electron chi connectivity index (χ1n) is 11.2. The fraction of sp³-hybridized carbons (Fsp3) is 0.440. The minimum atomic E-state index is -0.0234. The van der Waals surface area contributed by atoms with Crippen LogP contribution in [0.4, 0.5) is 5.69 Å². The van der Waals surface area contributed by atoms with Gasteiger partial charge in [-0.1, -0.05) is 36.2 Å². The number of fused-ring (bicyclic) bond motifs is 2. The number of halogens is 1. The molecule has 0 aliphatic carbocycles. The number of carbonyl (C=O) groups is 2. The Bertz CT molecular complexity index is 953. The molecule has 2 aromatic rings. The largest absolute Gasteiger partial charge is 0.497 e. The van der Waals surface area contributed by atoms with Gasteiger partial charge in [0, 0.05) is 28.8 Å². The van der Waals surface area contributed by atoms with Crippen molar-refractivity contribution in [2.75, 3.05) is 19.0 Å². The van der Waals surface area contributed by atoms with E-state index in [0.717, 1.165) is 37.0 Å². The Morgan fingerprint density at radius 1 is 1.06 bits per heavy atom. The van der Waals surface area contributed by atoms with Crippen molar-refractivity contribution in [3.63, 3.8) is 0 Å². The first-order valence-corrected chi connectivity index (χ1v) is 11.6. The highest BCUT2D eigenvalue weighted by Gasteiger charge is 2.39. The van der Waals surface area contributed by atoms with Crippen LogP contribution in [0, 0.1) is 0 Å². The fourth-order valence-electron chi connectivity index (χ4n) is 5.03. The van der Waals surface area contributed by atoms with E-state index in [2.05, 4.69) is 15.5 Å². The van der Waals surface area contributed by atoms with Crippen LogP contribution in [0.1, 0.15) is 37.7 Å². The summed E-state index contributed by atoms with van der Waals surface area (Å²) >= 11 is 6.02. The molecule has 2 bridgehead atoms. The molecule has 2 aliphatic rings. The van der Waals surface area contributed by atoms with Crippen molar-refractivity contribution >= 4 is 29.1 Å². The molecular weight excluding hydrogens is 426 g/mol. The highest BCUT2D eigenvalue weighted by Crippen LogP contribution is 2.34. The molecule has 0 aromatic heterocycles. The SMILES string of the molecule is COc1cccc(CC(=O)NC2CC3CCCC(C2)N3CC(=O)Nc2cccc(Cl)c2)c1. The number of hydrogen-bond donors (Lipinski definition) is 2. The van der Waals surface area contributed by atoms with E-state index in [4.69, 9.17) is 16.3 Å². The van der Waals surface area contributed by atoms with Crippen LogP contribution in [-0.2, 0) is 16.0 Å². The third-order valence-corrected chi connectivity index (χ3v) is 6.66. The molecule has 2 aliphatic heterocycles. The maximum absolute atomic E-state index is 12.7. The van der Waals surface area contributed by atoms with Gasteiger partial charge in [-0.15, -0.1) is 0 Å². The van der Waals surface area contributed by atoms with Gasteiger partial charge in [-0.05, 0) is 61.6 Å². The predicted octanol–water partition coefficient (Wildman–Crippen LogP) is 4.03. The molecule has 0 saturated carbocycles. The molecule has 170 valence electrons. The van der Waals surface area contributed by atoms with Crippen LogP contribution in [0.25, 0.3) is 0 Å². The molecule has 2 unspecified atom stereocenters. The van der Waals surface area contributed by atoms with Crippen LogP contribution in [0.2, 0.25) is 5.02 Å². The van der Waals surface area contributed by atoms with Gasteiger partial charge in [0.1, 0.15) is 5.75 Å². The second-order valence-electron chi connectivity index (χ2n) is 8.73. The van der Waals surface area contributed by atoms with Gasteiger partial charge in [0.05, 0.1) is 20.1 Å². The zero-order chi connectivity index (χ0) is 22.5. The van der Waals surface area contributed by atoms with Gasteiger partial charge in [-0.25, -0.2) is 0 Å². The maximum atomic E-state index is 12.7. The van der Waals surface area contributed by atoms with Crippen molar-refractivity contribution in [1.29, 1.82) is 0 Å². The summed E-state index contributed by atoms with van der Waals surface area (Å²) in [6.45, 7) is 0.367. The lowest BCUT2D eigenvalue weighted by Gasteiger charge is -2.48. The van der Waals surface area contributed by atoms with Crippen molar-refractivity contribution in [3.8, 4) is 5.75 Å². The predicted molar refractivity (Wildman–Crippen MR) is 126 cm³/mol. The molecular formula is C25H30ClN3O3. The van der Waals surface area contributed by atoms with Crippen LogP contribution < -0.4 is 15.4 Å². The number of nitrogens with one attached hydrogen (secondary N) is 2. The maximum Gasteiger partial charge on any atom is 0.238 e. The van der Waals surface area contributed by atoms with Gasteiger partial charge in [-0.2, -0.15) is 0 Å². The monoisotopic (exact) mass is 455 g/mol. The second kappa shape index (κ2) is 10.4. The van der Waals surface area contributed by atoms with Gasteiger partial charge in [-0.3, -0.25) is 14.5 Å². The number of benzene rings is 2. The molecule has 2 saturated heterocycles. The van der Waals surface area contributed by atoms with E-state index in [1.54, 1.807) is 19.2 Å². The number of piperidine rings is 2. The molecule has 2 fully saturated rings. The van der Waals surface area contributed by atoms with E-state index in [1.807, 2.05) is 36.4 Å². The number of ether oxygens (including phenoxy) is 1. The molecule has 2 atom stereocenters. The Labute approximate surface area is 194 Å². The van der Waals surface area contributed by atoms with Crippen LogP contribution in [0.3, 0.4) is 0 Å². The number of hydrogen-bond acceptors (Lipinski definition) is 4. The van der Waals surface area contributed by atoms with Gasteiger partial charge in [0.2, 0.25) is 11.8 Å². The summed E-state index contributed by atoms with van der Waals surface area (Å²) in [5, 5.41) is 6.79. The van der Waals surface area contributed by atoms with E-state index in [9.17, 15) is 9.59 Å². The minimum Gasteiger partial charge on any atom is -0.497 e. The Kier molecular flexibility index (Phi) is 7.33. The average Bonchev–Trinajstić information content (AvgIpc) is 2.74. The molecule has 2 heterocycles. The Balaban J connectivity index is 1.31. The van der Waals surface area contributed by atoms with Crippen LogP contribution >= 0.6 is 11.6 Å². The standard InChI is InChI=1S/C25H30ClN3O3/c1-32-23-10-2-5-17(11-23)12-24(30)28-20-14-21-8-4-9-22(15-20)29(21)16-25(31)27-19-7-3-6-18(26)13-19/h2-3,5-7,10-11,13,20-22H,4,8-9,12,14-16H2,1H3,(H,27,31)(H,28,30). The van der Waals surface area contributed by atoms with Crippen molar-refractivity contribution in [2.45, 2.75) is 56.7 Å². The van der Waals surface area contributed by atoms with E-state index >= 15 is 0 Å². The average molecular weight is 456 g/mol. The molecule has 4 rings (SSSR count). The van der Waals surface area contributed by atoms with Gasteiger partial charge in [0.25, 0.3) is 0 Å². The van der Waals surface area contributed by atoms with Crippen LogP contribution in [-0.4, -0.2) is 48.5 Å². The zero-order valence-electron chi connectivity index (χ0n) is 18.4. The number of rotatable bonds is 7. The number of anilines is 1. The van der Waals surface area contributed by atoms with Crippen molar-refractivity contribution in [1.82, 2.24) is 10.2 Å². The highest BCUT2D eigenvalue weighted by atomic mass is 35.5. The number of methoxy groups -OCH3 is 1. The third-order valence-electron chi connectivity index (χ3n) is 6.42. The van der Waals surface area contributed by atoms with Gasteiger partial charge < -0.3 is 15.4 Å². The highest BCUT2D eigenvalue weighted by molar-refractivity contribution is 6.30. The second-order valence-corrected chi connectivity index (χ2v) is 9.17. The molecule has 2 aromatic carbocycles. The Morgan fingerprint density at radius 3 is 2.53 bits per heavy atom. The molecule has 7 heteroatoms. The van der Waals surface area contributed by atoms with Crippen molar-refractivity contribution in [2.24, 2.45) is 0 Å². The summed E-state index contributed by atoms with van der Waals surface area (Å²) in [7, 11) is 1.63. The third kappa shape index (κ3) is 5.81. The summed E-state index contributed by atoms with van der Waals surface area (Å²) < 4.78 is 5.25. The summed E-state index contributed by atoms with van der Waals surface area (Å²) in [6.07, 6.45) is 5.39. The summed E-state index contributed by atoms with van der Waals surface area (Å²) in [6, 6.07) is 15.6. The topological polar surface area (TPSA) is 70.7 Å². The molecule has 0 radical (unpaired) electrons. The normalized spacial score (nSPS) is 22.8. The lowest BCUT2D eigenvalue weighted by Crippen LogP contribution is -2.58. The lowest BCUT2D eigenvalue weighted by atomic mass is 9.81. The number of nitrogens with zero attached hydrogens (tertiary/aromatic N) is 1. The van der Waals surface area contributed by atoms with E-state index in [1.165, 1.54) is 6.42 Å². The summed E-state index contributed by atoms with van der Waals surface area (Å²) in [5.74, 6) is 0.771. The lowest BCUT2D eigenvalue weighted by molar-refractivity contribution is -0.124. The first kappa shape index (κ1) is 22.6. The Morgan fingerprint density at radius 2 is 1.81 bits per heavy atom. The van der Waals surface area contributed by atoms with Crippen LogP contribution in [0.15, 0.2) is 48.5 Å². The smallest absolute Gasteiger partial charge is 0.238 e. The van der Waals surface area contributed by atoms with Crippen molar-refractivity contribution in [3.05, 3.63) is 59.1 Å². The van der Waals surface area contributed by atoms with Gasteiger partial charge >= 0.3 is 0 Å². The van der Waals surface area contributed by atoms with Crippen LogP contribution in [0.5, 0.6) is 5.75 Å². The molecule has 0 spiro atoms. The van der Waals surface area contributed by atoms with Crippen molar-refractivity contribution < 1.29 is 14.3 Å². The summed E-state index contributed by atoms with van der Waals surface area (Å²) in [5.41, 5.74) is 1.66. The molecule has 32 heavy (non-hydrogen) atoms. The van der Waals surface area contributed by atoms with E-state index in [-0.39, 0.29) is 17.9 Å². The zero-order valence-corrected chi connectivity index (χ0v) is 19.1. The number of amides is 2. The molecule has 2 N–H and O–H groups in total. The Hall–Kier alpha value is -2.57. The van der Waals surface area contributed by atoms with Gasteiger partial charge in [0.15, 0.2) is 0 Å². The quantitative estimate of drug-likeness (QED) is 0.661. The number of carbonyl (C=O) groups excluding carboxylic acids is 2. The first-order chi connectivity index (χ1) is 15.5. The minimum absolute atomic E-state index is 0.0234. The van der Waals surface area contributed by atoms with E-state index in [0.29, 0.717) is 35.8 Å². The molecule has 6 nitrogen and oxygen atoms in total. The fourth-order valence-corrected chi connectivity index (χ4v) is 5.22. The van der Waals surface area contributed by atoms with E-state index < -0.39 is 0 Å². The molecule has 2 amide bonds.